The highest BCUT2D eigenvalue weighted by atomic mass is 32.2. The van der Waals surface area contributed by atoms with Crippen LogP contribution in [0.4, 0.5) is 0 Å². The van der Waals surface area contributed by atoms with Crippen molar-refractivity contribution in [3.05, 3.63) is 65.2 Å². The summed E-state index contributed by atoms with van der Waals surface area (Å²) in [4.78, 5) is 41.9. The molecule has 4 rings (SSSR count). The van der Waals surface area contributed by atoms with E-state index in [1.165, 1.54) is 24.3 Å². The topological polar surface area (TPSA) is 101 Å². The average Bonchev–Trinajstić information content (AvgIpc) is 3.03. The molecule has 0 spiro atoms. The van der Waals surface area contributed by atoms with Gasteiger partial charge in [-0.1, -0.05) is 24.3 Å². The van der Waals surface area contributed by atoms with E-state index in [1.54, 1.807) is 24.3 Å². The van der Waals surface area contributed by atoms with Gasteiger partial charge in [-0.15, -0.1) is 5.06 Å². The lowest BCUT2D eigenvalue weighted by Gasteiger charge is -2.17. The quantitative estimate of drug-likeness (QED) is 0.569. The first-order valence-electron chi connectivity index (χ1n) is 8.20. The summed E-state index contributed by atoms with van der Waals surface area (Å²) < 4.78 is 25.7. The van der Waals surface area contributed by atoms with Crippen LogP contribution < -0.4 is 0 Å². The standard InChI is InChI=1S/C18H14N2O6S/c21-16-14-8-3-4-9-15(14)27(24,25)19(16)10-5-11-26-20-17(22)12-6-1-2-7-13(12)18(20)23/h1-4,6-9H,5,10-11H2. The van der Waals surface area contributed by atoms with Gasteiger partial charge in [0.05, 0.1) is 23.3 Å². The van der Waals surface area contributed by atoms with Crippen molar-refractivity contribution in [2.75, 3.05) is 13.2 Å². The molecule has 8 nitrogen and oxygen atoms in total. The molecule has 2 aromatic rings. The highest BCUT2D eigenvalue weighted by Crippen LogP contribution is 2.30. The molecule has 0 saturated carbocycles. The lowest BCUT2D eigenvalue weighted by molar-refractivity contribution is -0.0922. The van der Waals surface area contributed by atoms with Gasteiger partial charge in [0.2, 0.25) is 0 Å². The maximum atomic E-state index is 12.4. The van der Waals surface area contributed by atoms with E-state index in [0.717, 1.165) is 4.31 Å². The third kappa shape index (κ3) is 2.63. The van der Waals surface area contributed by atoms with E-state index in [2.05, 4.69) is 0 Å². The van der Waals surface area contributed by atoms with E-state index in [9.17, 15) is 22.8 Å². The number of carbonyl (C=O) groups excluding carboxylic acids is 3. The van der Waals surface area contributed by atoms with Crippen LogP contribution in [0.2, 0.25) is 0 Å². The molecular weight excluding hydrogens is 372 g/mol. The van der Waals surface area contributed by atoms with Gasteiger partial charge in [0.15, 0.2) is 0 Å². The van der Waals surface area contributed by atoms with Crippen LogP contribution in [0.25, 0.3) is 0 Å². The first-order chi connectivity index (χ1) is 12.9. The molecule has 2 aliphatic rings. The van der Waals surface area contributed by atoms with E-state index in [-0.39, 0.29) is 41.2 Å². The number of fused-ring (bicyclic) bond motifs is 2. The predicted octanol–water partition coefficient (Wildman–Crippen LogP) is 1.45. The van der Waals surface area contributed by atoms with Crippen molar-refractivity contribution in [3.8, 4) is 0 Å². The van der Waals surface area contributed by atoms with Gasteiger partial charge in [-0.05, 0) is 30.7 Å². The van der Waals surface area contributed by atoms with Crippen LogP contribution in [0.5, 0.6) is 0 Å². The van der Waals surface area contributed by atoms with E-state index >= 15 is 0 Å². The van der Waals surface area contributed by atoms with Crippen molar-refractivity contribution in [1.29, 1.82) is 0 Å². The molecule has 0 atom stereocenters. The molecule has 0 radical (unpaired) electrons. The lowest BCUT2D eigenvalue weighted by Crippen LogP contribution is -2.34. The zero-order valence-corrected chi connectivity index (χ0v) is 14.8. The number of nitrogens with zero attached hydrogens (tertiary/aromatic N) is 2. The minimum absolute atomic E-state index is 0.0173. The SMILES string of the molecule is O=C1c2ccccc2C(=O)N1OCCCN1C(=O)c2ccccc2S1(=O)=O. The average molecular weight is 386 g/mol. The molecule has 0 fully saturated rings. The molecule has 27 heavy (non-hydrogen) atoms. The zero-order chi connectivity index (χ0) is 19.2. The smallest absolute Gasteiger partial charge is 0.268 e. The van der Waals surface area contributed by atoms with E-state index in [4.69, 9.17) is 4.84 Å². The fraction of sp³-hybridized carbons (Fsp3) is 0.167. The first kappa shape index (κ1) is 17.4. The third-order valence-electron chi connectivity index (χ3n) is 4.39. The molecular formula is C18H14N2O6S. The molecule has 2 heterocycles. The molecule has 138 valence electrons. The lowest BCUT2D eigenvalue weighted by atomic mass is 10.1. The molecule has 0 bridgehead atoms. The largest absolute Gasteiger partial charge is 0.285 e. The summed E-state index contributed by atoms with van der Waals surface area (Å²) in [5, 5.41) is 0.666. The summed E-state index contributed by atoms with van der Waals surface area (Å²) >= 11 is 0. The molecule has 2 aliphatic heterocycles. The van der Waals surface area contributed by atoms with Gasteiger partial charge in [0.1, 0.15) is 4.90 Å². The highest BCUT2D eigenvalue weighted by molar-refractivity contribution is 7.90. The van der Waals surface area contributed by atoms with Crippen LogP contribution >= 0.6 is 0 Å². The summed E-state index contributed by atoms with van der Waals surface area (Å²) in [7, 11) is -3.88. The maximum absolute atomic E-state index is 12.4. The van der Waals surface area contributed by atoms with Crippen LogP contribution in [0, 0.1) is 0 Å². The number of sulfonamides is 1. The molecule has 9 heteroatoms. The summed E-state index contributed by atoms with van der Waals surface area (Å²) in [5.74, 6) is -1.72. The number of hydroxylamine groups is 2. The van der Waals surface area contributed by atoms with Gasteiger partial charge in [-0.2, -0.15) is 0 Å². The first-order valence-corrected chi connectivity index (χ1v) is 9.64. The third-order valence-corrected chi connectivity index (χ3v) is 6.24. The molecule has 0 N–H and O–H groups in total. The molecule has 0 aromatic heterocycles. The highest BCUT2D eigenvalue weighted by Gasteiger charge is 2.40. The Morgan fingerprint density at radius 2 is 1.33 bits per heavy atom. The van der Waals surface area contributed by atoms with Crippen molar-refractivity contribution in [3.63, 3.8) is 0 Å². The van der Waals surface area contributed by atoms with Crippen molar-refractivity contribution in [1.82, 2.24) is 9.37 Å². The summed E-state index contributed by atoms with van der Waals surface area (Å²) in [5.41, 5.74) is 0.657. The second kappa shape index (κ2) is 6.29. The normalized spacial score (nSPS) is 17.4. The summed E-state index contributed by atoms with van der Waals surface area (Å²) in [6.07, 6.45) is 0.131. The van der Waals surface area contributed by atoms with Crippen LogP contribution in [-0.4, -0.2) is 48.7 Å². The Hall–Kier alpha value is -3.04. The van der Waals surface area contributed by atoms with Crippen LogP contribution in [0.1, 0.15) is 37.5 Å². The second-order valence-corrected chi connectivity index (χ2v) is 7.85. The van der Waals surface area contributed by atoms with Gasteiger partial charge in [0.25, 0.3) is 27.7 Å². The van der Waals surface area contributed by atoms with Gasteiger partial charge < -0.3 is 0 Å². The fourth-order valence-electron chi connectivity index (χ4n) is 3.10. The summed E-state index contributed by atoms with van der Waals surface area (Å²) in [6.45, 7) is -0.208. The monoisotopic (exact) mass is 386 g/mol. The van der Waals surface area contributed by atoms with Gasteiger partial charge >= 0.3 is 0 Å². The van der Waals surface area contributed by atoms with E-state index < -0.39 is 27.7 Å². The maximum Gasteiger partial charge on any atom is 0.285 e. The van der Waals surface area contributed by atoms with Crippen molar-refractivity contribution in [2.45, 2.75) is 11.3 Å². The predicted molar refractivity (Wildman–Crippen MR) is 92.2 cm³/mol. The number of hydrogen-bond donors (Lipinski definition) is 0. The molecule has 0 aliphatic carbocycles. The van der Waals surface area contributed by atoms with Gasteiger partial charge in [-0.3, -0.25) is 19.2 Å². The number of hydrogen-bond acceptors (Lipinski definition) is 6. The molecule has 3 amide bonds. The number of amides is 3. The number of benzene rings is 2. The molecule has 0 unspecified atom stereocenters. The van der Waals surface area contributed by atoms with Gasteiger partial charge in [0, 0.05) is 6.54 Å². The van der Waals surface area contributed by atoms with Crippen molar-refractivity contribution < 1.29 is 27.6 Å². The van der Waals surface area contributed by atoms with Crippen LogP contribution in [0.3, 0.4) is 0 Å². The Morgan fingerprint density at radius 1 is 0.778 bits per heavy atom. The van der Waals surface area contributed by atoms with Crippen molar-refractivity contribution in [2.24, 2.45) is 0 Å². The van der Waals surface area contributed by atoms with E-state index in [0.29, 0.717) is 5.06 Å². The summed E-state index contributed by atoms with van der Waals surface area (Å²) in [6, 6.07) is 12.4. The Kier molecular flexibility index (Phi) is 4.05. The second-order valence-electron chi connectivity index (χ2n) is 6.02. The Balaban J connectivity index is 1.39. The minimum Gasteiger partial charge on any atom is -0.268 e. The fourth-order valence-corrected chi connectivity index (χ4v) is 4.71. The van der Waals surface area contributed by atoms with Crippen LogP contribution in [0.15, 0.2) is 53.4 Å². The molecule has 0 saturated heterocycles. The Labute approximate surface area is 154 Å². The van der Waals surface area contributed by atoms with E-state index in [1.807, 2.05) is 0 Å². The van der Waals surface area contributed by atoms with Crippen LogP contribution in [-0.2, 0) is 14.9 Å². The van der Waals surface area contributed by atoms with Crippen molar-refractivity contribution >= 4 is 27.7 Å². The van der Waals surface area contributed by atoms with Gasteiger partial charge in [-0.25, -0.2) is 12.7 Å². The number of imide groups is 1. The number of carbonyl (C=O) groups is 3. The Morgan fingerprint density at radius 3 is 1.93 bits per heavy atom. The minimum atomic E-state index is -3.88. The molecule has 2 aromatic carbocycles. The Bertz CT molecular complexity index is 1040. The zero-order valence-electron chi connectivity index (χ0n) is 14.0. The number of rotatable bonds is 5.